The number of benzene rings is 2. The highest BCUT2D eigenvalue weighted by atomic mass is 32.2. The summed E-state index contributed by atoms with van der Waals surface area (Å²) in [7, 11) is -1.52. The number of sulfone groups is 1. The summed E-state index contributed by atoms with van der Waals surface area (Å²) in [5, 5.41) is 0. The molecular weight excluding hydrogens is 426 g/mol. The van der Waals surface area contributed by atoms with E-state index in [1.807, 2.05) is 17.0 Å². The number of carbonyl (C=O) groups excluding carboxylic acids is 1. The second-order valence-corrected chi connectivity index (χ2v) is 10.4. The van der Waals surface area contributed by atoms with Gasteiger partial charge in [0.2, 0.25) is 5.91 Å². The summed E-state index contributed by atoms with van der Waals surface area (Å²) in [5.41, 5.74) is 1.33. The lowest BCUT2D eigenvalue weighted by Crippen LogP contribution is -2.38. The van der Waals surface area contributed by atoms with Crippen LogP contribution in [0, 0.1) is 5.92 Å². The summed E-state index contributed by atoms with van der Waals surface area (Å²) in [6.45, 7) is 2.10. The summed E-state index contributed by atoms with van der Waals surface area (Å²) < 4.78 is 33.8. The molecule has 1 aliphatic heterocycles. The monoisotopic (exact) mass is 459 g/mol. The SMILES string of the molecule is COc1ccc(CCC2CCN(C(=O)CCCOc3ccc(S(C)(=O)=O)cc3)CC2)cc1. The number of aryl methyl sites for hydroxylation is 1. The van der Waals surface area contributed by atoms with Crippen LogP contribution in [0.5, 0.6) is 11.5 Å². The Morgan fingerprint density at radius 1 is 1.00 bits per heavy atom. The second kappa shape index (κ2) is 11.4. The van der Waals surface area contributed by atoms with Crippen molar-refractivity contribution in [2.24, 2.45) is 5.92 Å². The Morgan fingerprint density at radius 3 is 2.22 bits per heavy atom. The van der Waals surface area contributed by atoms with Crippen molar-refractivity contribution in [1.29, 1.82) is 0 Å². The smallest absolute Gasteiger partial charge is 0.222 e. The van der Waals surface area contributed by atoms with Gasteiger partial charge in [-0.1, -0.05) is 12.1 Å². The van der Waals surface area contributed by atoms with Crippen LogP contribution < -0.4 is 9.47 Å². The predicted octanol–water partition coefficient (Wildman–Crippen LogP) is 4.13. The molecule has 0 N–H and O–H groups in total. The van der Waals surface area contributed by atoms with Gasteiger partial charge in [-0.3, -0.25) is 4.79 Å². The minimum absolute atomic E-state index is 0.189. The van der Waals surface area contributed by atoms with Gasteiger partial charge in [0.05, 0.1) is 18.6 Å². The molecule has 0 unspecified atom stereocenters. The Balaban J connectivity index is 1.31. The van der Waals surface area contributed by atoms with E-state index in [-0.39, 0.29) is 10.8 Å². The maximum atomic E-state index is 12.5. The molecule has 0 spiro atoms. The van der Waals surface area contributed by atoms with Crippen LogP contribution >= 0.6 is 0 Å². The lowest BCUT2D eigenvalue weighted by molar-refractivity contribution is -0.132. The molecule has 1 fully saturated rings. The van der Waals surface area contributed by atoms with Gasteiger partial charge >= 0.3 is 0 Å². The molecule has 2 aromatic carbocycles. The zero-order chi connectivity index (χ0) is 23.0. The number of rotatable bonds is 10. The molecule has 3 rings (SSSR count). The number of likely N-dealkylation sites (tertiary alicyclic amines) is 1. The number of hydrogen-bond donors (Lipinski definition) is 0. The maximum Gasteiger partial charge on any atom is 0.222 e. The van der Waals surface area contributed by atoms with Crippen LogP contribution in [-0.2, 0) is 21.1 Å². The molecule has 174 valence electrons. The van der Waals surface area contributed by atoms with E-state index < -0.39 is 9.84 Å². The Kier molecular flexibility index (Phi) is 8.56. The summed E-state index contributed by atoms with van der Waals surface area (Å²) in [4.78, 5) is 14.8. The first kappa shape index (κ1) is 24.1. The van der Waals surface area contributed by atoms with Crippen LogP contribution in [0.3, 0.4) is 0 Å². The standard InChI is InChI=1S/C25H33NO5S/c1-30-22-9-7-20(8-10-22)5-6-21-15-17-26(18-16-21)25(27)4-3-19-31-23-11-13-24(14-12-23)32(2,28)29/h7-14,21H,3-6,15-19H2,1-2H3. The van der Waals surface area contributed by atoms with Gasteiger partial charge in [-0.2, -0.15) is 0 Å². The molecule has 2 aromatic rings. The summed E-state index contributed by atoms with van der Waals surface area (Å²) >= 11 is 0. The summed E-state index contributed by atoms with van der Waals surface area (Å²) in [5.74, 6) is 2.35. The van der Waals surface area contributed by atoms with E-state index in [9.17, 15) is 13.2 Å². The minimum Gasteiger partial charge on any atom is -0.497 e. The van der Waals surface area contributed by atoms with Crippen molar-refractivity contribution in [3.63, 3.8) is 0 Å². The maximum absolute atomic E-state index is 12.5. The molecule has 6 nitrogen and oxygen atoms in total. The van der Waals surface area contributed by atoms with E-state index in [1.54, 1.807) is 19.2 Å². The van der Waals surface area contributed by atoms with Crippen LogP contribution in [0.4, 0.5) is 0 Å². The van der Waals surface area contributed by atoms with Crippen LogP contribution in [0.2, 0.25) is 0 Å². The zero-order valence-corrected chi connectivity index (χ0v) is 19.8. The van der Waals surface area contributed by atoms with E-state index in [1.165, 1.54) is 24.0 Å². The van der Waals surface area contributed by atoms with Gasteiger partial charge in [0.1, 0.15) is 11.5 Å². The molecule has 0 saturated carbocycles. The molecule has 1 aliphatic rings. The van der Waals surface area contributed by atoms with Crippen LogP contribution in [0.15, 0.2) is 53.4 Å². The Morgan fingerprint density at radius 2 is 1.62 bits per heavy atom. The Bertz CT molecular complexity index is 962. The Labute approximate surface area is 191 Å². The van der Waals surface area contributed by atoms with E-state index >= 15 is 0 Å². The number of carbonyl (C=O) groups is 1. The normalized spacial score (nSPS) is 14.9. The zero-order valence-electron chi connectivity index (χ0n) is 19.0. The largest absolute Gasteiger partial charge is 0.497 e. The van der Waals surface area contributed by atoms with Crippen molar-refractivity contribution < 1.29 is 22.7 Å². The fraction of sp³-hybridized carbons (Fsp3) is 0.480. The average Bonchev–Trinajstić information content (AvgIpc) is 2.81. The van der Waals surface area contributed by atoms with Gasteiger partial charge in [0.25, 0.3) is 0 Å². The summed E-state index contributed by atoms with van der Waals surface area (Å²) in [6, 6.07) is 14.6. The third-order valence-corrected chi connectivity index (χ3v) is 7.15. The second-order valence-electron chi connectivity index (χ2n) is 8.41. The lowest BCUT2D eigenvalue weighted by atomic mass is 9.90. The van der Waals surface area contributed by atoms with Crippen molar-refractivity contribution in [2.75, 3.05) is 33.1 Å². The summed E-state index contributed by atoms with van der Waals surface area (Å²) in [6.07, 6.45) is 6.63. The number of piperidine rings is 1. The predicted molar refractivity (Wildman–Crippen MR) is 125 cm³/mol. The highest BCUT2D eigenvalue weighted by Crippen LogP contribution is 2.24. The van der Waals surface area contributed by atoms with Crippen LogP contribution in [0.25, 0.3) is 0 Å². The number of hydrogen-bond acceptors (Lipinski definition) is 5. The molecule has 0 aromatic heterocycles. The molecule has 1 amide bonds. The molecular formula is C25H33NO5S. The fourth-order valence-corrected chi connectivity index (χ4v) is 4.62. The first-order chi connectivity index (χ1) is 15.3. The van der Waals surface area contributed by atoms with Crippen LogP contribution in [0.1, 0.15) is 37.7 Å². The fourth-order valence-electron chi connectivity index (χ4n) is 3.99. The molecule has 1 heterocycles. The van der Waals surface area contributed by atoms with Gasteiger partial charge in [-0.05, 0) is 80.0 Å². The molecule has 7 heteroatoms. The molecule has 32 heavy (non-hydrogen) atoms. The number of methoxy groups -OCH3 is 1. The van der Waals surface area contributed by atoms with E-state index in [4.69, 9.17) is 9.47 Å². The van der Waals surface area contributed by atoms with Crippen molar-refractivity contribution in [1.82, 2.24) is 4.90 Å². The van der Waals surface area contributed by atoms with Crippen molar-refractivity contribution in [2.45, 2.75) is 43.4 Å². The van der Waals surface area contributed by atoms with E-state index in [0.29, 0.717) is 31.1 Å². The lowest BCUT2D eigenvalue weighted by Gasteiger charge is -2.32. The number of amides is 1. The molecule has 1 saturated heterocycles. The molecule has 0 aliphatic carbocycles. The Hall–Kier alpha value is -2.54. The quantitative estimate of drug-likeness (QED) is 0.500. The third-order valence-electron chi connectivity index (χ3n) is 6.02. The van der Waals surface area contributed by atoms with Crippen molar-refractivity contribution >= 4 is 15.7 Å². The van der Waals surface area contributed by atoms with E-state index in [0.717, 1.165) is 44.5 Å². The van der Waals surface area contributed by atoms with Gasteiger partial charge in [0.15, 0.2) is 9.84 Å². The molecule has 0 bridgehead atoms. The topological polar surface area (TPSA) is 72.9 Å². The first-order valence-electron chi connectivity index (χ1n) is 11.2. The van der Waals surface area contributed by atoms with Gasteiger partial charge < -0.3 is 14.4 Å². The highest BCUT2D eigenvalue weighted by molar-refractivity contribution is 7.90. The first-order valence-corrected chi connectivity index (χ1v) is 13.1. The van der Waals surface area contributed by atoms with Crippen LogP contribution in [-0.4, -0.2) is 52.3 Å². The van der Waals surface area contributed by atoms with Crippen molar-refractivity contribution in [3.05, 3.63) is 54.1 Å². The highest BCUT2D eigenvalue weighted by Gasteiger charge is 2.22. The van der Waals surface area contributed by atoms with E-state index in [2.05, 4.69) is 12.1 Å². The molecule has 0 atom stereocenters. The average molecular weight is 460 g/mol. The minimum atomic E-state index is -3.20. The van der Waals surface area contributed by atoms with Gasteiger partial charge in [-0.15, -0.1) is 0 Å². The number of nitrogens with zero attached hydrogens (tertiary/aromatic N) is 1. The molecule has 0 radical (unpaired) electrons. The van der Waals surface area contributed by atoms with Gasteiger partial charge in [0, 0.05) is 25.8 Å². The number of ether oxygens (including phenoxy) is 2. The van der Waals surface area contributed by atoms with Crippen molar-refractivity contribution in [3.8, 4) is 11.5 Å². The third kappa shape index (κ3) is 7.26. The van der Waals surface area contributed by atoms with Gasteiger partial charge in [-0.25, -0.2) is 8.42 Å².